The fourth-order valence-electron chi connectivity index (χ4n) is 3.31. The van der Waals surface area contributed by atoms with Gasteiger partial charge in [0.05, 0.1) is 5.69 Å². The summed E-state index contributed by atoms with van der Waals surface area (Å²) in [5.74, 6) is -0.404. The summed E-state index contributed by atoms with van der Waals surface area (Å²) in [6, 6.07) is 8.74. The van der Waals surface area contributed by atoms with Crippen LogP contribution in [0.5, 0.6) is 0 Å². The Kier molecular flexibility index (Phi) is 7.88. The Bertz CT molecular complexity index is 1150. The highest BCUT2D eigenvalue weighted by atomic mass is 35.5. The van der Waals surface area contributed by atoms with Gasteiger partial charge in [0, 0.05) is 42.4 Å². The predicted octanol–water partition coefficient (Wildman–Crippen LogP) is 3.01. The molecule has 0 aliphatic rings. The number of imidazole rings is 1. The number of carbonyl (C=O) groups excluding carboxylic acids is 1. The molecule has 32 heavy (non-hydrogen) atoms. The highest BCUT2D eigenvalue weighted by molar-refractivity contribution is 6.30. The Morgan fingerprint density at radius 3 is 2.62 bits per heavy atom. The molecule has 0 bridgehead atoms. The molecule has 9 nitrogen and oxygen atoms in total. The minimum absolute atomic E-state index is 0.0755. The molecule has 10 heteroatoms. The smallest absolute Gasteiger partial charge is 0.322 e. The second kappa shape index (κ2) is 10.8. The van der Waals surface area contributed by atoms with Gasteiger partial charge in [-0.2, -0.15) is 0 Å². The van der Waals surface area contributed by atoms with Crippen LogP contribution >= 0.6 is 11.6 Å². The Hall–Kier alpha value is -3.33. The van der Waals surface area contributed by atoms with Crippen LogP contribution in [0, 0.1) is 0 Å². The van der Waals surface area contributed by atoms with Crippen LogP contribution in [0.15, 0.2) is 41.3 Å². The van der Waals surface area contributed by atoms with Gasteiger partial charge in [0.2, 0.25) is 11.7 Å². The van der Waals surface area contributed by atoms with Crippen molar-refractivity contribution in [1.29, 1.82) is 0 Å². The van der Waals surface area contributed by atoms with Gasteiger partial charge >= 0.3 is 5.97 Å². The number of aromatic nitrogens is 3. The maximum absolute atomic E-state index is 12.8. The Balaban J connectivity index is 1.88. The SMILES string of the molecule is CCCCCn1c(NCCC(=O)NCC(=O)O)cc(=O)n2cc(-c3ccc(Cl)cc3)nc12. The number of hydrogen-bond donors (Lipinski definition) is 3. The van der Waals surface area contributed by atoms with E-state index in [9.17, 15) is 14.4 Å². The van der Waals surface area contributed by atoms with Crippen molar-refractivity contribution < 1.29 is 14.7 Å². The maximum atomic E-state index is 12.8. The lowest BCUT2D eigenvalue weighted by atomic mass is 10.2. The van der Waals surface area contributed by atoms with E-state index in [1.165, 1.54) is 10.5 Å². The average molecular weight is 460 g/mol. The lowest BCUT2D eigenvalue weighted by Crippen LogP contribution is -2.30. The van der Waals surface area contributed by atoms with Gasteiger partial charge in [0.15, 0.2) is 0 Å². The molecule has 0 spiro atoms. The number of nitrogens with zero attached hydrogens (tertiary/aromatic N) is 3. The van der Waals surface area contributed by atoms with Crippen LogP contribution in [0.25, 0.3) is 17.0 Å². The summed E-state index contributed by atoms with van der Waals surface area (Å²) >= 11 is 5.98. The molecule has 0 aliphatic heterocycles. The van der Waals surface area contributed by atoms with Crippen molar-refractivity contribution in [3.63, 3.8) is 0 Å². The van der Waals surface area contributed by atoms with E-state index in [0.29, 0.717) is 28.9 Å². The molecular weight excluding hydrogens is 434 g/mol. The first-order chi connectivity index (χ1) is 15.4. The zero-order valence-corrected chi connectivity index (χ0v) is 18.6. The van der Waals surface area contributed by atoms with Crippen LogP contribution in [0.1, 0.15) is 32.6 Å². The minimum Gasteiger partial charge on any atom is -0.480 e. The number of benzene rings is 1. The molecule has 0 saturated heterocycles. The number of hydrogen-bond acceptors (Lipinski definition) is 5. The zero-order chi connectivity index (χ0) is 23.1. The summed E-state index contributed by atoms with van der Waals surface area (Å²) in [6.45, 7) is 2.60. The van der Waals surface area contributed by atoms with Crippen molar-refractivity contribution in [2.45, 2.75) is 39.2 Å². The summed E-state index contributed by atoms with van der Waals surface area (Å²) in [5.41, 5.74) is 1.27. The molecular formula is C22H26ClN5O4. The van der Waals surface area contributed by atoms with Crippen molar-refractivity contribution in [2.24, 2.45) is 0 Å². The third-order valence-electron chi connectivity index (χ3n) is 4.94. The first kappa shape index (κ1) is 23.3. The number of rotatable bonds is 11. The second-order valence-corrected chi connectivity index (χ2v) is 7.81. The number of unbranched alkanes of at least 4 members (excludes halogenated alkanes) is 2. The number of nitrogens with one attached hydrogen (secondary N) is 2. The monoisotopic (exact) mass is 459 g/mol. The van der Waals surface area contributed by atoms with Gasteiger partial charge in [0.1, 0.15) is 12.4 Å². The quantitative estimate of drug-likeness (QED) is 0.379. The van der Waals surface area contributed by atoms with E-state index < -0.39 is 12.5 Å². The molecule has 170 valence electrons. The summed E-state index contributed by atoms with van der Waals surface area (Å²) in [6.07, 6.45) is 4.77. The van der Waals surface area contributed by atoms with Crippen LogP contribution in [-0.2, 0) is 16.1 Å². The van der Waals surface area contributed by atoms with E-state index in [4.69, 9.17) is 21.7 Å². The van der Waals surface area contributed by atoms with Gasteiger partial charge in [-0.1, -0.05) is 43.5 Å². The van der Waals surface area contributed by atoms with Gasteiger partial charge < -0.3 is 15.7 Å². The standard InChI is InChI=1S/C22H26ClN5O4/c1-2-3-4-11-27-18(24-10-9-19(29)25-13-21(31)32)12-20(30)28-14-17(26-22(27)28)15-5-7-16(23)8-6-15/h5-8,12,14,24H,2-4,9-11,13H2,1H3,(H,25,29)(H,31,32). The molecule has 2 aromatic heterocycles. The number of carboxylic acid groups (broad SMARTS) is 1. The lowest BCUT2D eigenvalue weighted by molar-refractivity contribution is -0.137. The molecule has 3 rings (SSSR count). The Morgan fingerprint density at radius 1 is 1.19 bits per heavy atom. The van der Waals surface area contributed by atoms with Crippen molar-refractivity contribution in [3.05, 3.63) is 51.9 Å². The average Bonchev–Trinajstić information content (AvgIpc) is 3.21. The minimum atomic E-state index is -1.10. The molecule has 0 fully saturated rings. The summed E-state index contributed by atoms with van der Waals surface area (Å²) in [4.78, 5) is 39.8. The molecule has 0 saturated carbocycles. The molecule has 0 atom stereocenters. The molecule has 1 amide bonds. The van der Waals surface area contributed by atoms with Crippen LogP contribution in [0.4, 0.5) is 5.82 Å². The summed E-state index contributed by atoms with van der Waals surface area (Å²) in [7, 11) is 0. The third-order valence-corrected chi connectivity index (χ3v) is 5.19. The van der Waals surface area contributed by atoms with Crippen LogP contribution in [0.3, 0.4) is 0 Å². The number of aryl methyl sites for hydroxylation is 1. The second-order valence-electron chi connectivity index (χ2n) is 7.38. The van der Waals surface area contributed by atoms with E-state index in [2.05, 4.69) is 17.6 Å². The summed E-state index contributed by atoms with van der Waals surface area (Å²) < 4.78 is 3.45. The largest absolute Gasteiger partial charge is 0.480 e. The first-order valence-electron chi connectivity index (χ1n) is 10.5. The van der Waals surface area contributed by atoms with Crippen molar-refractivity contribution in [3.8, 4) is 11.3 Å². The molecule has 1 aromatic carbocycles. The van der Waals surface area contributed by atoms with Crippen molar-refractivity contribution in [2.75, 3.05) is 18.4 Å². The predicted molar refractivity (Wildman–Crippen MR) is 123 cm³/mol. The first-order valence-corrected chi connectivity index (χ1v) is 10.9. The van der Waals surface area contributed by atoms with Gasteiger partial charge in [-0.15, -0.1) is 0 Å². The molecule has 2 heterocycles. The van der Waals surface area contributed by atoms with Gasteiger partial charge in [-0.05, 0) is 18.6 Å². The van der Waals surface area contributed by atoms with Crippen molar-refractivity contribution >= 4 is 35.1 Å². The van der Waals surface area contributed by atoms with E-state index in [0.717, 1.165) is 24.8 Å². The highest BCUT2D eigenvalue weighted by Crippen LogP contribution is 2.22. The van der Waals surface area contributed by atoms with Gasteiger partial charge in [0.25, 0.3) is 5.56 Å². The number of amides is 1. The number of carbonyl (C=O) groups is 2. The van der Waals surface area contributed by atoms with Crippen molar-refractivity contribution in [1.82, 2.24) is 19.3 Å². The van der Waals surface area contributed by atoms with Gasteiger partial charge in [-0.25, -0.2) is 4.98 Å². The molecule has 0 unspecified atom stereocenters. The number of aliphatic carboxylic acids is 1. The third kappa shape index (κ3) is 5.88. The Morgan fingerprint density at radius 2 is 1.94 bits per heavy atom. The number of fused-ring (bicyclic) bond motifs is 1. The molecule has 3 aromatic rings. The maximum Gasteiger partial charge on any atom is 0.322 e. The number of anilines is 1. The Labute approximate surface area is 190 Å². The van der Waals surface area contributed by atoms with E-state index in [-0.39, 0.29) is 24.4 Å². The van der Waals surface area contributed by atoms with Crippen LogP contribution in [-0.4, -0.2) is 44.0 Å². The lowest BCUT2D eigenvalue weighted by Gasteiger charge is -2.16. The molecule has 3 N–H and O–H groups in total. The van der Waals surface area contributed by atoms with E-state index in [1.54, 1.807) is 18.3 Å². The number of carboxylic acids is 1. The normalized spacial score (nSPS) is 10.9. The van der Waals surface area contributed by atoms with Gasteiger partial charge in [-0.3, -0.25) is 23.4 Å². The summed E-state index contributed by atoms with van der Waals surface area (Å²) in [5, 5.41) is 14.7. The van der Waals surface area contributed by atoms with Crippen LogP contribution in [0.2, 0.25) is 5.02 Å². The highest BCUT2D eigenvalue weighted by Gasteiger charge is 2.14. The van der Waals surface area contributed by atoms with Crippen LogP contribution < -0.4 is 16.2 Å². The zero-order valence-electron chi connectivity index (χ0n) is 17.8. The van der Waals surface area contributed by atoms with E-state index >= 15 is 0 Å². The fraction of sp³-hybridized carbons (Fsp3) is 0.364. The fourth-order valence-corrected chi connectivity index (χ4v) is 3.43. The molecule has 0 radical (unpaired) electrons. The number of halogens is 1. The van der Waals surface area contributed by atoms with E-state index in [1.807, 2.05) is 16.7 Å². The topological polar surface area (TPSA) is 118 Å². The molecule has 0 aliphatic carbocycles.